The second-order valence-corrected chi connectivity index (χ2v) is 8.17. The number of unbranched alkanes of at least 4 members (excludes halogenated alkanes) is 2. The lowest BCUT2D eigenvalue weighted by molar-refractivity contribution is 0.204. The molecule has 0 aliphatic carbocycles. The zero-order chi connectivity index (χ0) is 24.1. The van der Waals surface area contributed by atoms with Crippen molar-refractivity contribution in [2.75, 3.05) is 20.8 Å². The molecule has 0 radical (unpaired) electrons. The lowest BCUT2D eigenvalue weighted by Gasteiger charge is -2.35. The summed E-state index contributed by atoms with van der Waals surface area (Å²) >= 11 is 0. The molecule has 34 heavy (non-hydrogen) atoms. The number of nitrogens with zero attached hydrogens (tertiary/aromatic N) is 3. The second-order valence-electron chi connectivity index (χ2n) is 8.17. The van der Waals surface area contributed by atoms with Crippen LogP contribution in [0.4, 0.5) is 4.79 Å². The Balaban J connectivity index is 1.78. The zero-order valence-corrected chi connectivity index (χ0v) is 20.0. The first-order chi connectivity index (χ1) is 16.5. The molecule has 2 heterocycles. The average molecular weight is 463 g/mol. The summed E-state index contributed by atoms with van der Waals surface area (Å²) < 4.78 is 16.5. The fourth-order valence-electron chi connectivity index (χ4n) is 4.13. The lowest BCUT2D eigenvalue weighted by Crippen LogP contribution is -2.46. The fourth-order valence-corrected chi connectivity index (χ4v) is 4.13. The first-order valence-corrected chi connectivity index (χ1v) is 11.5. The number of hydrogen-bond donors (Lipinski definition) is 1. The van der Waals surface area contributed by atoms with E-state index in [2.05, 4.69) is 17.4 Å². The van der Waals surface area contributed by atoms with Gasteiger partial charge in [0.1, 0.15) is 11.5 Å². The van der Waals surface area contributed by atoms with Crippen LogP contribution in [0.1, 0.15) is 50.6 Å². The number of allylic oxidation sites excluding steroid dienone is 1. The van der Waals surface area contributed by atoms with Gasteiger partial charge in [-0.2, -0.15) is 4.98 Å². The van der Waals surface area contributed by atoms with Gasteiger partial charge in [-0.05, 0) is 43.2 Å². The van der Waals surface area contributed by atoms with Gasteiger partial charge in [-0.1, -0.05) is 49.2 Å². The molecule has 0 saturated carbocycles. The Bertz CT molecular complexity index is 1190. The topological polar surface area (TPSA) is 89.7 Å². The largest absolute Gasteiger partial charge is 0.497 e. The summed E-state index contributed by atoms with van der Waals surface area (Å²) in [6.07, 6.45) is 3.04. The van der Waals surface area contributed by atoms with Gasteiger partial charge in [0.2, 0.25) is 5.82 Å². The maximum atomic E-state index is 13.1. The van der Waals surface area contributed by atoms with Crippen LogP contribution in [0.3, 0.4) is 0 Å². The van der Waals surface area contributed by atoms with Crippen molar-refractivity contribution in [3.05, 3.63) is 65.7 Å². The number of rotatable bonds is 9. The molecule has 1 aromatic heterocycles. The molecule has 8 heteroatoms. The molecule has 1 unspecified atom stereocenters. The number of hydrogen-bond acceptors (Lipinski definition) is 6. The highest BCUT2D eigenvalue weighted by molar-refractivity contribution is 5.87. The van der Waals surface area contributed by atoms with Crippen molar-refractivity contribution in [2.24, 2.45) is 0 Å². The van der Waals surface area contributed by atoms with Crippen LogP contribution < -0.4 is 14.8 Å². The number of nitrogens with one attached hydrogen (secondary N) is 1. The molecular formula is C26H30N4O4. The van der Waals surface area contributed by atoms with Gasteiger partial charge < -0.3 is 19.3 Å². The Labute approximate surface area is 199 Å². The predicted molar refractivity (Wildman–Crippen MR) is 129 cm³/mol. The lowest BCUT2D eigenvalue weighted by atomic mass is 9.94. The van der Waals surface area contributed by atoms with Crippen LogP contribution in [0.25, 0.3) is 17.0 Å². The Hall–Kier alpha value is -3.81. The molecule has 4 rings (SSSR count). The average Bonchev–Trinajstić information content (AvgIpc) is 3.35. The van der Waals surface area contributed by atoms with Gasteiger partial charge in [0.05, 0.1) is 25.8 Å². The fraction of sp³-hybridized carbons (Fsp3) is 0.346. The van der Waals surface area contributed by atoms with Crippen LogP contribution in [0.2, 0.25) is 0 Å². The molecule has 8 nitrogen and oxygen atoms in total. The van der Waals surface area contributed by atoms with E-state index in [1.807, 2.05) is 55.5 Å². The van der Waals surface area contributed by atoms with Crippen LogP contribution in [0, 0.1) is 0 Å². The maximum absolute atomic E-state index is 13.1. The molecule has 178 valence electrons. The Morgan fingerprint density at radius 1 is 1.06 bits per heavy atom. The van der Waals surface area contributed by atoms with Gasteiger partial charge in [-0.3, -0.25) is 4.90 Å². The van der Waals surface area contributed by atoms with Gasteiger partial charge in [0.15, 0.2) is 0 Å². The van der Waals surface area contributed by atoms with Crippen molar-refractivity contribution in [3.8, 4) is 22.9 Å². The van der Waals surface area contributed by atoms with E-state index in [-0.39, 0.29) is 6.03 Å². The third-order valence-electron chi connectivity index (χ3n) is 5.99. The number of urea groups is 1. The van der Waals surface area contributed by atoms with E-state index < -0.39 is 6.04 Å². The van der Waals surface area contributed by atoms with Crippen molar-refractivity contribution >= 4 is 11.6 Å². The third-order valence-corrected chi connectivity index (χ3v) is 5.99. The molecule has 0 bridgehead atoms. The normalized spacial score (nSPS) is 15.9. The monoisotopic (exact) mass is 462 g/mol. The van der Waals surface area contributed by atoms with E-state index >= 15 is 0 Å². The summed E-state index contributed by atoms with van der Waals surface area (Å²) in [5.74, 6) is 2.23. The van der Waals surface area contributed by atoms with E-state index in [9.17, 15) is 4.79 Å². The highest BCUT2D eigenvalue weighted by atomic mass is 16.5. The van der Waals surface area contributed by atoms with E-state index in [4.69, 9.17) is 19.0 Å². The summed E-state index contributed by atoms with van der Waals surface area (Å²) in [5.41, 5.74) is 3.22. The van der Waals surface area contributed by atoms with E-state index in [0.29, 0.717) is 29.8 Å². The zero-order valence-electron chi connectivity index (χ0n) is 20.0. The highest BCUT2D eigenvalue weighted by Gasteiger charge is 2.35. The number of benzene rings is 2. The van der Waals surface area contributed by atoms with E-state index in [0.717, 1.165) is 41.7 Å². The van der Waals surface area contributed by atoms with Crippen molar-refractivity contribution in [2.45, 2.75) is 39.2 Å². The van der Waals surface area contributed by atoms with E-state index in [1.54, 1.807) is 19.1 Å². The summed E-state index contributed by atoms with van der Waals surface area (Å²) in [5, 5.41) is 7.35. The van der Waals surface area contributed by atoms with Crippen molar-refractivity contribution < 1.29 is 18.8 Å². The number of ether oxygens (including phenoxy) is 2. The quantitative estimate of drug-likeness (QED) is 0.426. The molecule has 0 fully saturated rings. The Morgan fingerprint density at radius 2 is 1.79 bits per heavy atom. The van der Waals surface area contributed by atoms with Crippen molar-refractivity contribution in [1.82, 2.24) is 20.4 Å². The minimum Gasteiger partial charge on any atom is -0.497 e. The summed E-state index contributed by atoms with van der Waals surface area (Å²) in [6, 6.07) is 14.5. The molecule has 1 aliphatic heterocycles. The smallest absolute Gasteiger partial charge is 0.322 e. The molecule has 1 aliphatic rings. The van der Waals surface area contributed by atoms with Crippen LogP contribution in [0.15, 0.2) is 58.8 Å². The molecule has 3 aromatic rings. The van der Waals surface area contributed by atoms with Crippen molar-refractivity contribution in [1.29, 1.82) is 0 Å². The highest BCUT2D eigenvalue weighted by Crippen LogP contribution is 2.38. The van der Waals surface area contributed by atoms with Crippen LogP contribution in [0.5, 0.6) is 11.5 Å². The number of carbonyl (C=O) groups excluding carboxylic acids is 1. The molecule has 2 aromatic carbocycles. The van der Waals surface area contributed by atoms with Crippen LogP contribution >= 0.6 is 0 Å². The van der Waals surface area contributed by atoms with Gasteiger partial charge in [-0.25, -0.2) is 4.79 Å². The van der Waals surface area contributed by atoms with Crippen molar-refractivity contribution in [3.63, 3.8) is 0 Å². The molecule has 0 spiro atoms. The summed E-state index contributed by atoms with van der Waals surface area (Å²) in [7, 11) is 3.24. The maximum Gasteiger partial charge on any atom is 0.322 e. The summed E-state index contributed by atoms with van der Waals surface area (Å²) in [4.78, 5) is 19.5. The SMILES string of the molecule is CCCCCN1C(=O)NC(c2cccc(OC)c2)C(c2nc(-c3cccc(OC)c3)no2)=C1C. The molecule has 0 saturated heterocycles. The standard InChI is InChI=1S/C26H30N4O4/c1-5-6-7-14-30-17(2)22(23(27-26(30)31)18-10-8-12-20(15-18)32-3)25-28-24(29-34-25)19-11-9-13-21(16-19)33-4/h8-13,15-16,23H,5-7,14H2,1-4H3,(H,27,31). The summed E-state index contributed by atoms with van der Waals surface area (Å²) in [6.45, 7) is 4.70. The minimum atomic E-state index is -0.455. The molecule has 1 atom stereocenters. The number of amides is 2. The first-order valence-electron chi connectivity index (χ1n) is 11.5. The molecular weight excluding hydrogens is 432 g/mol. The molecule has 2 amide bonds. The predicted octanol–water partition coefficient (Wildman–Crippen LogP) is 5.44. The van der Waals surface area contributed by atoms with Crippen LogP contribution in [-0.4, -0.2) is 41.8 Å². The Morgan fingerprint density at radius 3 is 2.53 bits per heavy atom. The van der Waals surface area contributed by atoms with Gasteiger partial charge in [0.25, 0.3) is 5.89 Å². The van der Waals surface area contributed by atoms with Gasteiger partial charge >= 0.3 is 6.03 Å². The van der Waals surface area contributed by atoms with Crippen LogP contribution in [-0.2, 0) is 0 Å². The third kappa shape index (κ3) is 4.76. The number of methoxy groups -OCH3 is 2. The number of carbonyl (C=O) groups is 1. The van der Waals surface area contributed by atoms with Gasteiger partial charge in [-0.15, -0.1) is 0 Å². The number of aromatic nitrogens is 2. The van der Waals surface area contributed by atoms with Gasteiger partial charge in [0, 0.05) is 17.8 Å². The minimum absolute atomic E-state index is 0.141. The van der Waals surface area contributed by atoms with E-state index in [1.165, 1.54) is 0 Å². The second kappa shape index (κ2) is 10.4. The first kappa shape index (κ1) is 23.4. The molecule has 1 N–H and O–H groups in total. The Kier molecular flexibility index (Phi) is 7.15.